The number of carbonyl (C=O) groups is 1. The van der Waals surface area contributed by atoms with Gasteiger partial charge >= 0.3 is 0 Å². The molecule has 1 heterocycles. The van der Waals surface area contributed by atoms with Gasteiger partial charge in [0, 0.05) is 6.61 Å². The molecule has 6 heteroatoms. The maximum absolute atomic E-state index is 12.5. The quantitative estimate of drug-likeness (QED) is 0.672. The number of hydrogen-bond acceptors (Lipinski definition) is 3. The Morgan fingerprint density at radius 3 is 2.86 bits per heavy atom. The fourth-order valence-corrected chi connectivity index (χ4v) is 1.16. The smallest absolute Gasteiger partial charge is 0.287 e. The summed E-state index contributed by atoms with van der Waals surface area (Å²) < 4.78 is 29.9. The number of halogens is 2. The molecule has 0 aromatic rings. The average Bonchev–Trinajstić information content (AvgIpc) is 2.67. The summed E-state index contributed by atoms with van der Waals surface area (Å²) in [7, 11) is 0. The van der Waals surface area contributed by atoms with Gasteiger partial charge in [-0.05, 0) is 6.42 Å². The molecule has 1 unspecified atom stereocenters. The Balaban J connectivity index is 2.27. The highest BCUT2D eigenvalue weighted by Gasteiger charge is 2.30. The zero-order chi connectivity index (χ0) is 10.6. The molecule has 0 radical (unpaired) electrons. The molecule has 0 aromatic heterocycles. The van der Waals surface area contributed by atoms with Gasteiger partial charge in [-0.15, -0.1) is 0 Å². The van der Waals surface area contributed by atoms with Crippen LogP contribution in [0.4, 0.5) is 8.78 Å². The Morgan fingerprint density at radius 2 is 2.36 bits per heavy atom. The molecule has 0 spiro atoms. The molecule has 0 saturated carbocycles. The van der Waals surface area contributed by atoms with Crippen LogP contribution >= 0.6 is 0 Å². The van der Waals surface area contributed by atoms with E-state index < -0.39 is 25.0 Å². The van der Waals surface area contributed by atoms with Crippen molar-refractivity contribution in [2.24, 2.45) is 5.92 Å². The van der Waals surface area contributed by atoms with Crippen molar-refractivity contribution in [2.45, 2.75) is 12.3 Å². The number of aliphatic hydroxyl groups is 1. The normalized spacial score (nSPS) is 22.4. The lowest BCUT2D eigenvalue weighted by Gasteiger charge is -2.15. The van der Waals surface area contributed by atoms with Crippen LogP contribution in [0.2, 0.25) is 0 Å². The molecular formula is C8H13F2NO3. The van der Waals surface area contributed by atoms with Crippen molar-refractivity contribution in [2.75, 3.05) is 26.4 Å². The van der Waals surface area contributed by atoms with E-state index in [-0.39, 0.29) is 12.5 Å². The minimum absolute atomic E-state index is 0.288. The van der Waals surface area contributed by atoms with Crippen LogP contribution in [0.5, 0.6) is 0 Å². The first-order valence-corrected chi connectivity index (χ1v) is 4.39. The van der Waals surface area contributed by atoms with Crippen molar-refractivity contribution in [1.29, 1.82) is 0 Å². The van der Waals surface area contributed by atoms with E-state index in [0.29, 0.717) is 13.0 Å². The zero-order valence-electron chi connectivity index (χ0n) is 7.63. The van der Waals surface area contributed by atoms with Gasteiger partial charge in [0.25, 0.3) is 5.92 Å². The number of nitrogens with one attached hydrogen (secondary N) is 1. The van der Waals surface area contributed by atoms with E-state index in [9.17, 15) is 13.6 Å². The largest absolute Gasteiger partial charge is 0.390 e. The Morgan fingerprint density at radius 1 is 1.64 bits per heavy atom. The summed E-state index contributed by atoms with van der Waals surface area (Å²) in [6.45, 7) is -1.29. The summed E-state index contributed by atoms with van der Waals surface area (Å²) in [6.07, 6.45) is 0.566. The number of rotatable bonds is 4. The van der Waals surface area contributed by atoms with E-state index in [0.717, 1.165) is 0 Å². The molecule has 4 nitrogen and oxygen atoms in total. The van der Waals surface area contributed by atoms with Crippen LogP contribution in [0.15, 0.2) is 0 Å². The third-order valence-corrected chi connectivity index (χ3v) is 2.05. The van der Waals surface area contributed by atoms with Crippen molar-refractivity contribution >= 4 is 5.91 Å². The fourth-order valence-electron chi connectivity index (χ4n) is 1.16. The molecule has 82 valence electrons. The van der Waals surface area contributed by atoms with Gasteiger partial charge in [0.05, 0.1) is 19.1 Å². The predicted octanol–water partition coefficient (Wildman–Crippen LogP) is -0.233. The minimum atomic E-state index is -3.24. The third kappa shape index (κ3) is 3.19. The highest BCUT2D eigenvalue weighted by Crippen LogP contribution is 2.14. The first-order chi connectivity index (χ1) is 6.55. The number of ether oxygens (including phenoxy) is 1. The second kappa shape index (κ2) is 4.65. The van der Waals surface area contributed by atoms with Crippen molar-refractivity contribution in [1.82, 2.24) is 5.32 Å². The molecule has 0 aliphatic carbocycles. The molecular weight excluding hydrogens is 196 g/mol. The van der Waals surface area contributed by atoms with Gasteiger partial charge in [0.15, 0.2) is 0 Å². The van der Waals surface area contributed by atoms with Crippen molar-refractivity contribution in [3.8, 4) is 0 Å². The lowest BCUT2D eigenvalue weighted by Crippen LogP contribution is -2.41. The van der Waals surface area contributed by atoms with Gasteiger partial charge in [-0.1, -0.05) is 0 Å². The second-order valence-corrected chi connectivity index (χ2v) is 3.29. The van der Waals surface area contributed by atoms with E-state index in [4.69, 9.17) is 9.84 Å². The van der Waals surface area contributed by atoms with Gasteiger partial charge in [-0.25, -0.2) is 8.78 Å². The molecule has 0 aromatic carbocycles. The van der Waals surface area contributed by atoms with Crippen molar-refractivity contribution in [3.05, 3.63) is 0 Å². The topological polar surface area (TPSA) is 58.6 Å². The lowest BCUT2D eigenvalue weighted by molar-refractivity contribution is -0.127. The van der Waals surface area contributed by atoms with Gasteiger partial charge in [0.1, 0.15) is 6.61 Å². The molecule has 2 N–H and O–H groups in total. The van der Waals surface area contributed by atoms with Gasteiger partial charge in [0.2, 0.25) is 5.91 Å². The van der Waals surface area contributed by atoms with Crippen molar-refractivity contribution < 1.29 is 23.4 Å². The first kappa shape index (κ1) is 11.3. The van der Waals surface area contributed by atoms with Crippen LogP contribution in [-0.2, 0) is 9.53 Å². The molecule has 1 amide bonds. The van der Waals surface area contributed by atoms with E-state index in [1.807, 2.05) is 0 Å². The highest BCUT2D eigenvalue weighted by atomic mass is 19.3. The summed E-state index contributed by atoms with van der Waals surface area (Å²) >= 11 is 0. The zero-order valence-corrected chi connectivity index (χ0v) is 7.63. The molecule has 1 saturated heterocycles. The molecule has 1 rings (SSSR count). The van der Waals surface area contributed by atoms with Gasteiger partial charge < -0.3 is 15.2 Å². The number of aliphatic hydroxyl groups excluding tert-OH is 1. The number of carbonyl (C=O) groups excluding carboxylic acids is 1. The Bertz CT molecular complexity index is 205. The predicted molar refractivity (Wildman–Crippen MR) is 44.0 cm³/mol. The minimum Gasteiger partial charge on any atom is -0.390 e. The summed E-state index contributed by atoms with van der Waals surface area (Å²) in [5.74, 6) is -4.00. The first-order valence-electron chi connectivity index (χ1n) is 4.39. The Hall–Kier alpha value is -0.750. The van der Waals surface area contributed by atoms with Crippen LogP contribution in [0, 0.1) is 5.92 Å². The summed E-state index contributed by atoms with van der Waals surface area (Å²) in [6, 6.07) is 0. The molecule has 1 aliphatic heterocycles. The van der Waals surface area contributed by atoms with Crippen LogP contribution in [-0.4, -0.2) is 43.3 Å². The molecule has 1 fully saturated rings. The van der Waals surface area contributed by atoms with Crippen LogP contribution in [0.3, 0.4) is 0 Å². The van der Waals surface area contributed by atoms with E-state index in [1.165, 1.54) is 0 Å². The summed E-state index contributed by atoms with van der Waals surface area (Å²) in [5, 5.41) is 10.3. The third-order valence-electron chi connectivity index (χ3n) is 2.05. The molecule has 0 bridgehead atoms. The van der Waals surface area contributed by atoms with Crippen LogP contribution in [0.25, 0.3) is 0 Å². The maximum Gasteiger partial charge on any atom is 0.287 e. The molecule has 1 aliphatic rings. The molecule has 14 heavy (non-hydrogen) atoms. The van der Waals surface area contributed by atoms with E-state index in [1.54, 1.807) is 0 Å². The van der Waals surface area contributed by atoms with Gasteiger partial charge in [-0.3, -0.25) is 4.79 Å². The molecule has 1 atom stereocenters. The monoisotopic (exact) mass is 209 g/mol. The highest BCUT2D eigenvalue weighted by molar-refractivity contribution is 5.79. The number of hydrogen-bond donors (Lipinski definition) is 2. The Labute approximate surface area is 80.2 Å². The van der Waals surface area contributed by atoms with Crippen LogP contribution < -0.4 is 5.32 Å². The van der Waals surface area contributed by atoms with Crippen LogP contribution in [0.1, 0.15) is 6.42 Å². The fraction of sp³-hybridized carbons (Fsp3) is 0.875. The standard InChI is InChI=1S/C8H13F2NO3/c9-8(10,5-12)4-11-7(13)6-1-2-14-3-6/h6,12H,1-5H2,(H,11,13). The lowest BCUT2D eigenvalue weighted by atomic mass is 10.1. The van der Waals surface area contributed by atoms with Crippen molar-refractivity contribution in [3.63, 3.8) is 0 Å². The SMILES string of the molecule is O=C(NCC(F)(F)CO)C1CCOC1. The summed E-state index contributed by atoms with van der Waals surface area (Å²) in [5.41, 5.74) is 0. The maximum atomic E-state index is 12.5. The van der Waals surface area contributed by atoms with E-state index in [2.05, 4.69) is 5.32 Å². The average molecular weight is 209 g/mol. The Kier molecular flexibility index (Phi) is 3.77. The second-order valence-electron chi connectivity index (χ2n) is 3.29. The number of alkyl halides is 2. The van der Waals surface area contributed by atoms with Gasteiger partial charge in [-0.2, -0.15) is 0 Å². The summed E-state index contributed by atoms with van der Waals surface area (Å²) in [4.78, 5) is 11.2. The number of amides is 1. The van der Waals surface area contributed by atoms with E-state index >= 15 is 0 Å².